The van der Waals surface area contributed by atoms with Crippen LogP contribution in [0.1, 0.15) is 36.9 Å². The van der Waals surface area contributed by atoms with Gasteiger partial charge < -0.3 is 9.84 Å². The molecule has 0 atom stereocenters. The van der Waals surface area contributed by atoms with Crippen LogP contribution in [0.2, 0.25) is 0 Å². The zero-order chi connectivity index (χ0) is 16.8. The molecule has 1 aliphatic rings. The van der Waals surface area contributed by atoms with Gasteiger partial charge in [0.25, 0.3) is 0 Å². The van der Waals surface area contributed by atoms with Crippen LogP contribution in [0.25, 0.3) is 5.57 Å². The normalized spacial score (nSPS) is 22.6. The first-order valence-electron chi connectivity index (χ1n) is 7.56. The Bertz CT molecular complexity index is 592. The minimum absolute atomic E-state index is 0.0348. The van der Waals surface area contributed by atoms with Crippen molar-refractivity contribution in [3.8, 4) is 0 Å². The average molecular weight is 339 g/mol. The Morgan fingerprint density at radius 1 is 1.57 bits per heavy atom. The fourth-order valence-electron chi connectivity index (χ4n) is 2.70. The van der Waals surface area contributed by atoms with E-state index in [-0.39, 0.29) is 24.5 Å². The van der Waals surface area contributed by atoms with Crippen molar-refractivity contribution < 1.29 is 13.7 Å². The van der Waals surface area contributed by atoms with Crippen molar-refractivity contribution in [3.05, 3.63) is 35.8 Å². The summed E-state index contributed by atoms with van der Waals surface area (Å²) in [5.74, 6) is 0. The van der Waals surface area contributed by atoms with E-state index in [1.165, 1.54) is 0 Å². The van der Waals surface area contributed by atoms with Crippen LogP contribution in [0.3, 0.4) is 0 Å². The number of aliphatic imine (C=N–C) groups is 1. The van der Waals surface area contributed by atoms with E-state index in [2.05, 4.69) is 23.4 Å². The Morgan fingerprint density at radius 3 is 2.78 bits per heavy atom. The van der Waals surface area contributed by atoms with Gasteiger partial charge in [-0.3, -0.25) is 4.99 Å². The van der Waals surface area contributed by atoms with Crippen molar-refractivity contribution in [3.63, 3.8) is 0 Å². The zero-order valence-electron chi connectivity index (χ0n) is 13.2. The number of hydrogen-bond acceptors (Lipinski definition) is 5. The second-order valence-corrected chi connectivity index (χ2v) is 6.11. The molecule has 0 aromatic carbocycles. The van der Waals surface area contributed by atoms with Gasteiger partial charge in [0, 0.05) is 11.8 Å². The van der Waals surface area contributed by atoms with Crippen molar-refractivity contribution in [1.29, 1.82) is 0 Å². The van der Waals surface area contributed by atoms with Gasteiger partial charge in [-0.15, -0.1) is 3.89 Å². The van der Waals surface area contributed by atoms with E-state index < -0.39 is 0 Å². The Morgan fingerprint density at radius 2 is 2.26 bits per heavy atom. The fraction of sp³-hybridized carbons (Fsp3) is 0.500. The molecule has 0 amide bonds. The van der Waals surface area contributed by atoms with Crippen LogP contribution in [-0.2, 0) is 4.74 Å². The number of nitrogens with zero attached hydrogens (tertiary/aromatic N) is 3. The van der Waals surface area contributed by atoms with Crippen molar-refractivity contribution in [2.45, 2.75) is 44.8 Å². The fourth-order valence-corrected chi connectivity index (χ4v) is 3.01. The van der Waals surface area contributed by atoms with Crippen LogP contribution in [0.4, 0.5) is 3.89 Å². The zero-order valence-corrected chi connectivity index (χ0v) is 14.1. The molecule has 1 aromatic heterocycles. The summed E-state index contributed by atoms with van der Waals surface area (Å²) in [6.45, 7) is 9.54. The molecule has 0 spiro atoms. The lowest BCUT2D eigenvalue weighted by Crippen LogP contribution is -2.25. The number of hydrogen-bond donors (Lipinski definition) is 1. The van der Waals surface area contributed by atoms with Gasteiger partial charge >= 0.3 is 0 Å². The number of rotatable bonds is 7. The minimum atomic E-state index is -0.212. The topological polar surface area (TPSA) is 59.6 Å². The Balaban J connectivity index is 2.14. The van der Waals surface area contributed by atoms with Gasteiger partial charge in [0.1, 0.15) is 0 Å². The molecular weight excluding hydrogens is 317 g/mol. The first kappa shape index (κ1) is 17.9. The summed E-state index contributed by atoms with van der Waals surface area (Å²) in [6, 6.07) is 0. The van der Waals surface area contributed by atoms with Gasteiger partial charge in [0.05, 0.1) is 30.2 Å². The van der Waals surface area contributed by atoms with Crippen molar-refractivity contribution >= 4 is 24.6 Å². The number of allylic oxidation sites excluding steroid dienone is 2. The molecular formula is C16H22FN3O2S. The second kappa shape index (κ2) is 8.42. The van der Waals surface area contributed by atoms with Crippen LogP contribution in [0.5, 0.6) is 0 Å². The van der Waals surface area contributed by atoms with E-state index in [0.717, 1.165) is 35.3 Å². The lowest BCUT2D eigenvalue weighted by atomic mass is 9.95. The Hall–Kier alpha value is -1.44. The highest BCUT2D eigenvalue weighted by Gasteiger charge is 2.21. The molecule has 5 nitrogen and oxygen atoms in total. The first-order valence-corrected chi connectivity index (χ1v) is 8.24. The van der Waals surface area contributed by atoms with Crippen LogP contribution >= 0.6 is 12.3 Å². The van der Waals surface area contributed by atoms with E-state index in [4.69, 9.17) is 4.74 Å². The third kappa shape index (κ3) is 4.53. The highest BCUT2D eigenvalue weighted by Crippen LogP contribution is 2.26. The predicted octanol–water partition coefficient (Wildman–Crippen LogP) is 3.49. The van der Waals surface area contributed by atoms with Crippen LogP contribution in [0.15, 0.2) is 29.5 Å². The number of aryl methyl sites for hydroxylation is 1. The average Bonchev–Trinajstić information content (AvgIpc) is 2.94. The lowest BCUT2D eigenvalue weighted by Gasteiger charge is -2.25. The molecule has 1 fully saturated rings. The van der Waals surface area contributed by atoms with Gasteiger partial charge in [-0.25, -0.2) is 0 Å². The summed E-state index contributed by atoms with van der Waals surface area (Å²) >= 11 is 0.0348. The molecule has 7 heteroatoms. The molecule has 1 aromatic rings. The molecule has 1 N–H and O–H groups in total. The Kier molecular flexibility index (Phi) is 6.56. The molecule has 1 saturated carbocycles. The molecule has 23 heavy (non-hydrogen) atoms. The summed E-state index contributed by atoms with van der Waals surface area (Å²) in [6.07, 6.45) is 6.33. The summed E-state index contributed by atoms with van der Waals surface area (Å²) in [5.41, 5.74) is 2.77. The predicted molar refractivity (Wildman–Crippen MR) is 91.9 cm³/mol. The standard InChI is InChI=1S/C16H22FN3O2S/c1-4-14(16-11(2)9-20(19-16)23-17)15(18-3)10-22-13-7-5-12(21)6-8-13/h4,9,12-13,21H,1,3,5-8,10H2,2H3/b15-14+. The first-order chi connectivity index (χ1) is 11.1. The smallest absolute Gasteiger partial charge is 0.187 e. The molecule has 0 saturated heterocycles. The quantitative estimate of drug-likeness (QED) is 0.610. The molecule has 0 aliphatic heterocycles. The van der Waals surface area contributed by atoms with Crippen LogP contribution in [0, 0.1) is 6.92 Å². The van der Waals surface area contributed by atoms with Gasteiger partial charge in [-0.05, 0) is 44.9 Å². The highest BCUT2D eigenvalue weighted by molar-refractivity contribution is 7.92. The lowest BCUT2D eigenvalue weighted by molar-refractivity contribution is 0.00649. The maximum Gasteiger partial charge on any atom is 0.187 e. The third-order valence-electron chi connectivity index (χ3n) is 4.01. The molecule has 0 bridgehead atoms. The van der Waals surface area contributed by atoms with E-state index in [9.17, 15) is 8.99 Å². The van der Waals surface area contributed by atoms with Gasteiger partial charge in [0.2, 0.25) is 0 Å². The molecule has 0 radical (unpaired) electrons. The number of ether oxygens (including phenoxy) is 1. The van der Waals surface area contributed by atoms with Crippen LogP contribution in [-0.4, -0.2) is 39.8 Å². The van der Waals surface area contributed by atoms with Crippen molar-refractivity contribution in [2.24, 2.45) is 4.99 Å². The maximum absolute atomic E-state index is 12.7. The summed E-state index contributed by atoms with van der Waals surface area (Å²) in [7, 11) is 0. The molecule has 1 aliphatic carbocycles. The number of aromatic nitrogens is 2. The minimum Gasteiger partial charge on any atom is -0.393 e. The molecule has 126 valence electrons. The van der Waals surface area contributed by atoms with E-state index >= 15 is 0 Å². The summed E-state index contributed by atoms with van der Waals surface area (Å²) < 4.78 is 19.7. The van der Waals surface area contributed by atoms with Crippen molar-refractivity contribution in [2.75, 3.05) is 6.61 Å². The molecule has 1 heterocycles. The van der Waals surface area contributed by atoms with Crippen molar-refractivity contribution in [1.82, 2.24) is 9.19 Å². The largest absolute Gasteiger partial charge is 0.393 e. The van der Waals surface area contributed by atoms with Gasteiger partial charge in [0.15, 0.2) is 12.3 Å². The van der Waals surface area contributed by atoms with E-state index in [1.807, 2.05) is 6.92 Å². The number of halogens is 1. The van der Waals surface area contributed by atoms with Gasteiger partial charge in [-0.2, -0.15) is 9.19 Å². The third-order valence-corrected chi connectivity index (χ3v) is 4.34. The van der Waals surface area contributed by atoms with Crippen LogP contribution < -0.4 is 0 Å². The summed E-state index contributed by atoms with van der Waals surface area (Å²) in [5, 5.41) is 13.7. The molecule has 2 rings (SSSR count). The van der Waals surface area contributed by atoms with E-state index in [1.54, 1.807) is 12.3 Å². The maximum atomic E-state index is 12.7. The monoisotopic (exact) mass is 339 g/mol. The number of aliphatic hydroxyl groups excluding tert-OH is 1. The molecule has 0 unspecified atom stereocenters. The SMILES string of the molecule is C=C/C(=C(/COC1CCC(O)CC1)N=C)c1nn(SF)cc1C. The second-order valence-electron chi connectivity index (χ2n) is 5.60. The summed E-state index contributed by atoms with van der Waals surface area (Å²) in [4.78, 5) is 4.05. The Labute approximate surface area is 140 Å². The number of aliphatic hydroxyl groups is 1. The van der Waals surface area contributed by atoms with Gasteiger partial charge in [-0.1, -0.05) is 12.7 Å². The highest BCUT2D eigenvalue weighted by atomic mass is 32.2. The van der Waals surface area contributed by atoms with E-state index in [0.29, 0.717) is 23.6 Å².